The molecule has 0 aliphatic carbocycles. The minimum Gasteiger partial charge on any atom is -0.350 e. The van der Waals surface area contributed by atoms with Crippen molar-refractivity contribution >= 4 is 16.8 Å². The second-order valence-corrected chi connectivity index (χ2v) is 5.39. The highest BCUT2D eigenvalue weighted by Gasteiger charge is 2.10. The lowest BCUT2D eigenvalue weighted by molar-refractivity contribution is 0.0951. The lowest BCUT2D eigenvalue weighted by atomic mass is 10.1. The van der Waals surface area contributed by atoms with Crippen molar-refractivity contribution in [1.82, 2.24) is 14.9 Å². The summed E-state index contributed by atoms with van der Waals surface area (Å²) < 4.78 is 2.10. The van der Waals surface area contributed by atoms with Crippen LogP contribution in [0.2, 0.25) is 0 Å². The van der Waals surface area contributed by atoms with E-state index in [2.05, 4.69) is 28.0 Å². The number of benzene rings is 1. The predicted molar refractivity (Wildman–Crippen MR) is 89.8 cm³/mol. The largest absolute Gasteiger partial charge is 0.350 e. The normalized spacial score (nSPS) is 10.8. The van der Waals surface area contributed by atoms with E-state index in [1.807, 2.05) is 37.4 Å². The average Bonchev–Trinajstić information content (AvgIpc) is 2.89. The van der Waals surface area contributed by atoms with Gasteiger partial charge in [0.25, 0.3) is 5.91 Å². The molecule has 0 aliphatic rings. The quantitative estimate of drug-likeness (QED) is 0.802. The summed E-state index contributed by atoms with van der Waals surface area (Å²) in [6.45, 7) is 2.62. The van der Waals surface area contributed by atoms with Crippen LogP contribution in [0.1, 0.15) is 29.8 Å². The zero-order valence-electron chi connectivity index (χ0n) is 12.8. The molecule has 0 aliphatic heterocycles. The molecule has 2 heterocycles. The fourth-order valence-corrected chi connectivity index (χ4v) is 2.68. The van der Waals surface area contributed by atoms with Crippen molar-refractivity contribution in [3.05, 3.63) is 65.6 Å². The Balaban J connectivity index is 0.00000192. The van der Waals surface area contributed by atoms with Gasteiger partial charge >= 0.3 is 0 Å². The molecule has 4 nitrogen and oxygen atoms in total. The van der Waals surface area contributed by atoms with Crippen molar-refractivity contribution in [2.45, 2.75) is 19.9 Å². The molecule has 114 valence electrons. The highest BCUT2D eigenvalue weighted by molar-refractivity contribution is 5.98. The van der Waals surface area contributed by atoms with E-state index in [0.29, 0.717) is 12.1 Å². The van der Waals surface area contributed by atoms with Gasteiger partial charge in [0, 0.05) is 50.1 Å². The van der Waals surface area contributed by atoms with Crippen molar-refractivity contribution in [3.63, 3.8) is 0 Å². The molecule has 3 rings (SSSR count). The molecule has 0 bridgehead atoms. The number of rotatable bonds is 4. The first-order chi connectivity index (χ1) is 10.7. The van der Waals surface area contributed by atoms with Crippen molar-refractivity contribution in [2.24, 2.45) is 7.05 Å². The van der Waals surface area contributed by atoms with E-state index < -0.39 is 0 Å². The number of fused-ring (bicyclic) bond motifs is 1. The highest BCUT2D eigenvalue weighted by atomic mass is 16.1. The lowest BCUT2D eigenvalue weighted by Crippen LogP contribution is -2.22. The maximum atomic E-state index is 12.3. The minimum absolute atomic E-state index is 0. The van der Waals surface area contributed by atoms with Crippen LogP contribution in [0.15, 0.2) is 48.9 Å². The van der Waals surface area contributed by atoms with E-state index in [4.69, 9.17) is 0 Å². The van der Waals surface area contributed by atoms with Crippen LogP contribution in [0.25, 0.3) is 10.9 Å². The third-order valence-corrected chi connectivity index (χ3v) is 3.89. The van der Waals surface area contributed by atoms with E-state index in [0.717, 1.165) is 22.9 Å². The van der Waals surface area contributed by atoms with Crippen molar-refractivity contribution in [2.75, 3.05) is 0 Å². The number of nitrogens with one attached hydrogen (secondary N) is 1. The van der Waals surface area contributed by atoms with Crippen LogP contribution in [-0.2, 0) is 20.0 Å². The van der Waals surface area contributed by atoms with E-state index in [9.17, 15) is 4.79 Å². The number of hydrogen-bond donors (Lipinski definition) is 1. The van der Waals surface area contributed by atoms with Gasteiger partial charge in [-0.05, 0) is 41.8 Å². The fraction of sp³-hybridized carbons (Fsp3) is 0.222. The van der Waals surface area contributed by atoms with Gasteiger partial charge in [-0.3, -0.25) is 9.78 Å². The Bertz CT molecular complexity index is 812. The number of hydrogen-bond acceptors (Lipinski definition) is 2. The van der Waals surface area contributed by atoms with Gasteiger partial charge in [0.2, 0.25) is 0 Å². The maximum Gasteiger partial charge on any atom is 0.251 e. The van der Waals surface area contributed by atoms with Crippen molar-refractivity contribution < 1.29 is 6.22 Å². The Labute approximate surface area is 131 Å². The van der Waals surface area contributed by atoms with Gasteiger partial charge in [-0.15, -0.1) is 0 Å². The molecule has 2 aromatic heterocycles. The summed E-state index contributed by atoms with van der Waals surface area (Å²) in [7, 11) is 2.03. The summed E-state index contributed by atoms with van der Waals surface area (Å²) in [6.07, 6.45) is 6.57. The van der Waals surface area contributed by atoms with Gasteiger partial charge in [0.1, 0.15) is 0 Å². The number of pyridine rings is 1. The first-order valence-electron chi connectivity index (χ1n) is 7.44. The smallest absolute Gasteiger partial charge is 0.251 e. The maximum absolute atomic E-state index is 12.3. The van der Waals surface area contributed by atoms with Crippen LogP contribution >= 0.6 is 0 Å². The first-order valence-corrected chi connectivity index (χ1v) is 7.44. The molecule has 1 aromatic carbocycles. The van der Waals surface area contributed by atoms with Gasteiger partial charge in [0.05, 0.1) is 0 Å². The fourth-order valence-electron chi connectivity index (χ4n) is 2.68. The van der Waals surface area contributed by atoms with Crippen LogP contribution in [0.4, 0.5) is 0 Å². The molecule has 0 radical (unpaired) electrons. The SMILES string of the molecule is CCc1cn(C)c2ccc(C(=O)NCc3cccnc3)cc12.[HH]. The lowest BCUT2D eigenvalue weighted by Gasteiger charge is -2.06. The summed E-state index contributed by atoms with van der Waals surface area (Å²) in [5.41, 5.74) is 4.10. The third-order valence-electron chi connectivity index (χ3n) is 3.89. The van der Waals surface area contributed by atoms with Crippen LogP contribution in [0, 0.1) is 0 Å². The van der Waals surface area contributed by atoms with E-state index in [1.165, 1.54) is 5.56 Å². The van der Waals surface area contributed by atoms with Crippen LogP contribution in [0.5, 0.6) is 0 Å². The van der Waals surface area contributed by atoms with Crippen LogP contribution in [0.3, 0.4) is 0 Å². The number of aryl methyl sites for hydroxylation is 2. The van der Waals surface area contributed by atoms with Crippen molar-refractivity contribution in [3.8, 4) is 0 Å². The second-order valence-electron chi connectivity index (χ2n) is 5.39. The molecule has 1 N–H and O–H groups in total. The number of carbonyl (C=O) groups excluding carboxylic acids is 1. The van der Waals surface area contributed by atoms with Gasteiger partial charge in [-0.2, -0.15) is 0 Å². The summed E-state index contributed by atoms with van der Waals surface area (Å²) in [5.74, 6) is -0.0586. The zero-order chi connectivity index (χ0) is 15.5. The standard InChI is InChI=1S/C18H19N3O.H2/c1-3-14-12-21(2)17-7-6-15(9-16(14)17)18(22)20-11-13-5-4-8-19-10-13;/h4-10,12H,3,11H2,1-2H3,(H,20,22);1H. The van der Waals surface area contributed by atoms with Gasteiger partial charge < -0.3 is 9.88 Å². The van der Waals surface area contributed by atoms with Crippen LogP contribution in [-0.4, -0.2) is 15.5 Å². The molecule has 0 fully saturated rings. The monoisotopic (exact) mass is 295 g/mol. The molecule has 0 unspecified atom stereocenters. The summed E-state index contributed by atoms with van der Waals surface area (Å²) in [6, 6.07) is 9.68. The molecule has 0 saturated heterocycles. The molecule has 0 spiro atoms. The van der Waals surface area contributed by atoms with Gasteiger partial charge in [-0.1, -0.05) is 13.0 Å². The molecular weight excluding hydrogens is 274 g/mol. The van der Waals surface area contributed by atoms with Crippen molar-refractivity contribution in [1.29, 1.82) is 0 Å². The predicted octanol–water partition coefficient (Wildman–Crippen LogP) is 3.31. The number of aromatic nitrogens is 2. The van der Waals surface area contributed by atoms with E-state index in [1.54, 1.807) is 12.4 Å². The van der Waals surface area contributed by atoms with Crippen LogP contribution < -0.4 is 5.32 Å². The van der Waals surface area contributed by atoms with E-state index in [-0.39, 0.29) is 7.33 Å². The molecule has 0 atom stereocenters. The molecule has 0 saturated carbocycles. The topological polar surface area (TPSA) is 46.9 Å². The Hall–Kier alpha value is -2.62. The summed E-state index contributed by atoms with van der Waals surface area (Å²) in [5, 5.41) is 4.09. The molecule has 4 heteroatoms. The molecule has 3 aromatic rings. The summed E-state index contributed by atoms with van der Waals surface area (Å²) >= 11 is 0. The Morgan fingerprint density at radius 2 is 2.23 bits per heavy atom. The van der Waals surface area contributed by atoms with Gasteiger partial charge in [0.15, 0.2) is 0 Å². The Morgan fingerprint density at radius 3 is 2.95 bits per heavy atom. The van der Waals surface area contributed by atoms with Gasteiger partial charge in [-0.25, -0.2) is 0 Å². The average molecular weight is 295 g/mol. The summed E-state index contributed by atoms with van der Waals surface area (Å²) in [4.78, 5) is 16.4. The highest BCUT2D eigenvalue weighted by Crippen LogP contribution is 2.22. The zero-order valence-corrected chi connectivity index (χ0v) is 12.8. The molecular formula is C18H21N3O. The Kier molecular flexibility index (Phi) is 3.92. The second kappa shape index (κ2) is 6.02. The minimum atomic E-state index is -0.0586. The molecule has 22 heavy (non-hydrogen) atoms. The number of carbonyl (C=O) groups is 1. The third kappa shape index (κ3) is 2.72. The van der Waals surface area contributed by atoms with E-state index >= 15 is 0 Å². The first kappa shape index (κ1) is 14.3. The Morgan fingerprint density at radius 1 is 1.36 bits per heavy atom. The number of nitrogens with zero attached hydrogens (tertiary/aromatic N) is 2. The molecule has 1 amide bonds. The number of amides is 1.